The highest BCUT2D eigenvalue weighted by Crippen LogP contribution is 2.19. The van der Waals surface area contributed by atoms with Gasteiger partial charge >= 0.3 is 0 Å². The van der Waals surface area contributed by atoms with Crippen molar-refractivity contribution in [1.29, 1.82) is 0 Å². The highest BCUT2D eigenvalue weighted by atomic mass is 79.9. The fraction of sp³-hybridized carbons (Fsp3) is 0.125. The number of oxime groups is 1. The van der Waals surface area contributed by atoms with Crippen LogP contribution in [0.4, 0.5) is 5.69 Å². The molecule has 0 saturated carbocycles. The van der Waals surface area contributed by atoms with E-state index >= 15 is 0 Å². The van der Waals surface area contributed by atoms with E-state index in [0.29, 0.717) is 10.7 Å². The maximum Gasteiger partial charge on any atom is 0.265 e. The maximum atomic E-state index is 11.8. The molecule has 0 aromatic heterocycles. The molecule has 0 spiro atoms. The number of benzene rings is 2. The van der Waals surface area contributed by atoms with Gasteiger partial charge in [-0.2, -0.15) is 0 Å². The summed E-state index contributed by atoms with van der Waals surface area (Å²) >= 11 is 9.25. The molecule has 2 aromatic carbocycles. The molecule has 0 unspecified atom stereocenters. The first-order valence-electron chi connectivity index (χ1n) is 6.51. The second kappa shape index (κ2) is 7.96. The number of hydrogen-bond acceptors (Lipinski definition) is 3. The first-order chi connectivity index (χ1) is 10.5. The summed E-state index contributed by atoms with van der Waals surface area (Å²) in [6.45, 7) is 1.72. The van der Waals surface area contributed by atoms with Gasteiger partial charge < -0.3 is 10.2 Å². The number of nitrogens with zero attached hydrogens (tertiary/aromatic N) is 1. The largest absolute Gasteiger partial charge is 0.386 e. The molecule has 1 amide bonds. The third-order valence-corrected chi connectivity index (χ3v) is 3.58. The molecule has 22 heavy (non-hydrogen) atoms. The van der Waals surface area contributed by atoms with E-state index in [4.69, 9.17) is 16.4 Å². The smallest absolute Gasteiger partial charge is 0.265 e. The predicted octanol–water partition coefficient (Wildman–Crippen LogP) is 4.40. The van der Waals surface area contributed by atoms with Crippen molar-refractivity contribution < 1.29 is 9.63 Å². The van der Waals surface area contributed by atoms with Crippen LogP contribution in [0, 0.1) is 6.92 Å². The zero-order valence-electron chi connectivity index (χ0n) is 11.8. The maximum absolute atomic E-state index is 11.8. The molecule has 114 valence electrons. The standard InChI is InChI=1S/C16H14BrClN2O2/c1-11-2-7-14(18)8-15(11)20-16(21)10-22-19-9-12-3-5-13(17)6-4-12/h2-9H,10H2,1H3,(H,20,21)/b19-9+. The molecule has 0 fully saturated rings. The van der Waals surface area contributed by atoms with Crippen molar-refractivity contribution in [2.24, 2.45) is 5.16 Å². The lowest BCUT2D eigenvalue weighted by atomic mass is 10.2. The summed E-state index contributed by atoms with van der Waals surface area (Å²) in [4.78, 5) is 16.8. The quantitative estimate of drug-likeness (QED) is 0.616. The average Bonchev–Trinajstić information content (AvgIpc) is 2.49. The number of carbonyl (C=O) groups excluding carboxylic acids is 1. The van der Waals surface area contributed by atoms with Gasteiger partial charge in [-0.25, -0.2) is 0 Å². The van der Waals surface area contributed by atoms with Crippen LogP contribution in [0.3, 0.4) is 0 Å². The van der Waals surface area contributed by atoms with Gasteiger partial charge in [-0.3, -0.25) is 4.79 Å². The van der Waals surface area contributed by atoms with Crippen LogP contribution in [0.15, 0.2) is 52.1 Å². The highest BCUT2D eigenvalue weighted by molar-refractivity contribution is 9.10. The van der Waals surface area contributed by atoms with E-state index < -0.39 is 0 Å². The summed E-state index contributed by atoms with van der Waals surface area (Å²) < 4.78 is 0.988. The lowest BCUT2D eigenvalue weighted by molar-refractivity contribution is -0.120. The molecule has 0 radical (unpaired) electrons. The van der Waals surface area contributed by atoms with Crippen molar-refractivity contribution in [2.75, 3.05) is 11.9 Å². The summed E-state index contributed by atoms with van der Waals surface area (Å²) in [6.07, 6.45) is 1.55. The Kier molecular flexibility index (Phi) is 5.98. The summed E-state index contributed by atoms with van der Waals surface area (Å²) in [6, 6.07) is 12.9. The van der Waals surface area contributed by atoms with Gasteiger partial charge in [-0.05, 0) is 42.3 Å². The molecule has 0 aliphatic carbocycles. The van der Waals surface area contributed by atoms with Crippen LogP contribution < -0.4 is 5.32 Å². The summed E-state index contributed by atoms with van der Waals surface area (Å²) in [5.41, 5.74) is 2.48. The van der Waals surface area contributed by atoms with Gasteiger partial charge in [0, 0.05) is 15.2 Å². The number of nitrogens with one attached hydrogen (secondary N) is 1. The number of hydrogen-bond donors (Lipinski definition) is 1. The Morgan fingerprint density at radius 2 is 2.05 bits per heavy atom. The molecular weight excluding hydrogens is 368 g/mol. The van der Waals surface area contributed by atoms with Crippen molar-refractivity contribution in [3.05, 3.63) is 63.1 Å². The minimum atomic E-state index is -0.293. The predicted molar refractivity (Wildman–Crippen MR) is 92.5 cm³/mol. The molecule has 0 aliphatic heterocycles. The molecule has 0 bridgehead atoms. The molecule has 0 atom stereocenters. The van der Waals surface area contributed by atoms with E-state index in [-0.39, 0.29) is 12.5 Å². The van der Waals surface area contributed by atoms with Gasteiger partial charge in [0.05, 0.1) is 6.21 Å². The normalized spacial score (nSPS) is 10.7. The zero-order valence-corrected chi connectivity index (χ0v) is 14.2. The molecular formula is C16H14BrClN2O2. The number of halogens is 2. The van der Waals surface area contributed by atoms with Gasteiger partial charge in [0.2, 0.25) is 0 Å². The first-order valence-corrected chi connectivity index (χ1v) is 7.68. The van der Waals surface area contributed by atoms with Gasteiger partial charge in [0.25, 0.3) is 5.91 Å². The zero-order chi connectivity index (χ0) is 15.9. The van der Waals surface area contributed by atoms with Crippen molar-refractivity contribution in [1.82, 2.24) is 0 Å². The highest BCUT2D eigenvalue weighted by Gasteiger charge is 2.05. The Bertz CT molecular complexity index is 687. The van der Waals surface area contributed by atoms with Crippen LogP contribution in [0.2, 0.25) is 5.02 Å². The molecule has 6 heteroatoms. The van der Waals surface area contributed by atoms with E-state index in [0.717, 1.165) is 15.6 Å². The van der Waals surface area contributed by atoms with Crippen LogP contribution in [0.25, 0.3) is 0 Å². The topological polar surface area (TPSA) is 50.7 Å². The second-order valence-corrected chi connectivity index (χ2v) is 5.92. The number of rotatable bonds is 5. The van der Waals surface area contributed by atoms with Crippen molar-refractivity contribution in [2.45, 2.75) is 6.92 Å². The van der Waals surface area contributed by atoms with Crippen LogP contribution in [-0.2, 0) is 9.63 Å². The molecule has 2 aromatic rings. The molecule has 0 heterocycles. The average molecular weight is 382 g/mol. The summed E-state index contributed by atoms with van der Waals surface area (Å²) in [7, 11) is 0. The third kappa shape index (κ3) is 5.16. The van der Waals surface area contributed by atoms with E-state index in [1.54, 1.807) is 18.3 Å². The fourth-order valence-corrected chi connectivity index (χ4v) is 2.09. The molecule has 4 nitrogen and oxygen atoms in total. The number of aryl methyl sites for hydroxylation is 1. The van der Waals surface area contributed by atoms with Crippen molar-refractivity contribution in [3.63, 3.8) is 0 Å². The van der Waals surface area contributed by atoms with Crippen LogP contribution in [-0.4, -0.2) is 18.7 Å². The molecule has 0 aliphatic rings. The van der Waals surface area contributed by atoms with E-state index in [2.05, 4.69) is 26.4 Å². The van der Waals surface area contributed by atoms with Crippen molar-refractivity contribution in [3.8, 4) is 0 Å². The van der Waals surface area contributed by atoms with Crippen LogP contribution >= 0.6 is 27.5 Å². The Hall–Kier alpha value is -1.85. The van der Waals surface area contributed by atoms with E-state index in [9.17, 15) is 4.79 Å². The van der Waals surface area contributed by atoms with E-state index in [1.165, 1.54) is 0 Å². The molecule has 2 rings (SSSR count). The SMILES string of the molecule is Cc1ccc(Cl)cc1NC(=O)CO/N=C/c1ccc(Br)cc1. The minimum Gasteiger partial charge on any atom is -0.386 e. The molecule has 1 N–H and O–H groups in total. The van der Waals surface area contributed by atoms with Crippen molar-refractivity contribution >= 4 is 45.3 Å². The Morgan fingerprint density at radius 3 is 2.77 bits per heavy atom. The Labute approximate surface area is 142 Å². The Balaban J connectivity index is 1.83. The molecule has 0 saturated heterocycles. The lowest BCUT2D eigenvalue weighted by Crippen LogP contribution is -2.17. The second-order valence-electron chi connectivity index (χ2n) is 4.57. The van der Waals surface area contributed by atoms with Gasteiger partial charge in [0.15, 0.2) is 6.61 Å². The van der Waals surface area contributed by atoms with Gasteiger partial charge in [0.1, 0.15) is 0 Å². The third-order valence-electron chi connectivity index (χ3n) is 2.82. The Morgan fingerprint density at radius 1 is 1.32 bits per heavy atom. The minimum absolute atomic E-state index is 0.168. The number of carbonyl (C=O) groups is 1. The number of amides is 1. The first kappa shape index (κ1) is 16.5. The summed E-state index contributed by atoms with van der Waals surface area (Å²) in [5, 5.41) is 7.06. The monoisotopic (exact) mass is 380 g/mol. The lowest BCUT2D eigenvalue weighted by Gasteiger charge is -2.07. The van der Waals surface area contributed by atoms with E-state index in [1.807, 2.05) is 37.3 Å². The van der Waals surface area contributed by atoms with Gasteiger partial charge in [-0.1, -0.05) is 50.9 Å². The van der Waals surface area contributed by atoms with Gasteiger partial charge in [-0.15, -0.1) is 0 Å². The fourth-order valence-electron chi connectivity index (χ4n) is 1.66. The number of anilines is 1. The van der Waals surface area contributed by atoms with Crippen LogP contribution in [0.1, 0.15) is 11.1 Å². The summed E-state index contributed by atoms with van der Waals surface area (Å²) in [5.74, 6) is -0.293. The van der Waals surface area contributed by atoms with Crippen LogP contribution in [0.5, 0.6) is 0 Å².